The summed E-state index contributed by atoms with van der Waals surface area (Å²) >= 11 is 0. The second kappa shape index (κ2) is 10.5. The molecule has 34 heavy (non-hydrogen) atoms. The number of rotatable bonds is 8. The highest BCUT2D eigenvalue weighted by Crippen LogP contribution is 2.26. The number of nitrogens with zero attached hydrogens (tertiary/aromatic N) is 4. The van der Waals surface area contributed by atoms with Crippen molar-refractivity contribution in [3.8, 4) is 0 Å². The van der Waals surface area contributed by atoms with Gasteiger partial charge in [-0.25, -0.2) is 18.4 Å². The largest absolute Gasteiger partial charge is 0.381 e. The Bertz CT molecular complexity index is 1130. The maximum atomic E-state index is 14.5. The maximum Gasteiger partial charge on any atom is 0.244 e. The first-order chi connectivity index (χ1) is 16.4. The van der Waals surface area contributed by atoms with Crippen molar-refractivity contribution in [2.75, 3.05) is 37.7 Å². The van der Waals surface area contributed by atoms with Gasteiger partial charge in [0.2, 0.25) is 5.91 Å². The number of carbonyl (C=O) groups is 1. The number of morpholine rings is 1. The van der Waals surface area contributed by atoms with E-state index in [0.29, 0.717) is 19.3 Å². The molecule has 1 aromatic heterocycles. The molecule has 1 unspecified atom stereocenters. The first kappa shape index (κ1) is 23.5. The van der Waals surface area contributed by atoms with Gasteiger partial charge in [-0.05, 0) is 29.8 Å². The number of halogens is 2. The molecule has 1 aliphatic heterocycles. The Labute approximate surface area is 195 Å². The van der Waals surface area contributed by atoms with Crippen LogP contribution in [0.15, 0.2) is 61.2 Å². The molecule has 0 saturated carbocycles. The summed E-state index contributed by atoms with van der Waals surface area (Å²) in [7, 11) is 0. The van der Waals surface area contributed by atoms with Crippen molar-refractivity contribution in [1.29, 1.82) is 0 Å². The standard InChI is InChI=1S/C24H25F2N5O3/c25-19-4-7-21(22(26)13-19)24(33,15-31-17-27-16-29-31)14-28-23(32)8-3-18-1-5-20(6-2-18)30-9-11-34-12-10-30/h1-8,13,16-17,33H,9-12,14-15H2,(H,28,32). The molecule has 1 amide bonds. The SMILES string of the molecule is O=C(C=Cc1ccc(N2CCOCC2)cc1)NCC(O)(Cn1cncn1)c1ccc(F)cc1F. The molecule has 178 valence electrons. The third kappa shape index (κ3) is 5.83. The molecule has 4 rings (SSSR count). The van der Waals surface area contributed by atoms with Gasteiger partial charge in [-0.2, -0.15) is 5.10 Å². The Balaban J connectivity index is 1.41. The normalized spacial score (nSPS) is 15.9. The molecule has 3 aromatic rings. The zero-order chi connectivity index (χ0) is 24.0. The van der Waals surface area contributed by atoms with Crippen LogP contribution >= 0.6 is 0 Å². The number of anilines is 1. The van der Waals surface area contributed by atoms with Gasteiger partial charge in [0.25, 0.3) is 0 Å². The van der Waals surface area contributed by atoms with E-state index in [1.54, 1.807) is 6.08 Å². The summed E-state index contributed by atoms with van der Waals surface area (Å²) in [6.07, 6.45) is 5.61. The number of aromatic nitrogens is 3. The maximum absolute atomic E-state index is 14.5. The van der Waals surface area contributed by atoms with Crippen LogP contribution in [0.4, 0.5) is 14.5 Å². The summed E-state index contributed by atoms with van der Waals surface area (Å²) < 4.78 is 34.5. The number of aliphatic hydroxyl groups is 1. The molecule has 0 bridgehead atoms. The van der Waals surface area contributed by atoms with Crippen molar-refractivity contribution >= 4 is 17.7 Å². The number of amides is 1. The number of carbonyl (C=O) groups excluding carboxylic acids is 1. The summed E-state index contributed by atoms with van der Waals surface area (Å²) in [5, 5.41) is 17.7. The lowest BCUT2D eigenvalue weighted by molar-refractivity contribution is -0.118. The fraction of sp³-hybridized carbons (Fsp3) is 0.292. The summed E-state index contributed by atoms with van der Waals surface area (Å²) in [5.41, 5.74) is -0.124. The van der Waals surface area contributed by atoms with E-state index in [1.165, 1.54) is 23.4 Å². The fourth-order valence-corrected chi connectivity index (χ4v) is 3.77. The van der Waals surface area contributed by atoms with Crippen LogP contribution in [-0.4, -0.2) is 58.6 Å². The van der Waals surface area contributed by atoms with Crippen LogP contribution in [0.5, 0.6) is 0 Å². The summed E-state index contributed by atoms with van der Waals surface area (Å²) in [4.78, 5) is 18.5. The third-order valence-electron chi connectivity index (χ3n) is 5.57. The van der Waals surface area contributed by atoms with Gasteiger partial charge >= 0.3 is 0 Å². The molecule has 1 aliphatic rings. The molecule has 1 fully saturated rings. The fourth-order valence-electron chi connectivity index (χ4n) is 3.77. The van der Waals surface area contributed by atoms with Crippen molar-refractivity contribution in [3.63, 3.8) is 0 Å². The molecule has 8 nitrogen and oxygen atoms in total. The zero-order valence-electron chi connectivity index (χ0n) is 18.4. The van der Waals surface area contributed by atoms with Gasteiger partial charge in [0, 0.05) is 36.5 Å². The van der Waals surface area contributed by atoms with Crippen LogP contribution in [0.3, 0.4) is 0 Å². The molecule has 1 atom stereocenters. The van der Waals surface area contributed by atoms with Crippen LogP contribution in [0, 0.1) is 11.6 Å². The molecule has 2 aromatic carbocycles. The highest BCUT2D eigenvalue weighted by Gasteiger charge is 2.34. The first-order valence-corrected chi connectivity index (χ1v) is 10.8. The molecule has 0 spiro atoms. The number of hydrogen-bond acceptors (Lipinski definition) is 6. The lowest BCUT2D eigenvalue weighted by Gasteiger charge is -2.29. The van der Waals surface area contributed by atoms with Gasteiger partial charge in [0.05, 0.1) is 26.3 Å². The minimum atomic E-state index is -1.88. The number of ether oxygens (including phenoxy) is 1. The summed E-state index contributed by atoms with van der Waals surface area (Å²) in [6, 6.07) is 10.7. The van der Waals surface area contributed by atoms with E-state index >= 15 is 0 Å². The molecule has 10 heteroatoms. The van der Waals surface area contributed by atoms with Gasteiger partial charge in [-0.3, -0.25) is 4.79 Å². The quantitative estimate of drug-likeness (QED) is 0.491. The van der Waals surface area contributed by atoms with Gasteiger partial charge in [-0.15, -0.1) is 0 Å². The Morgan fingerprint density at radius 1 is 1.18 bits per heavy atom. The topological polar surface area (TPSA) is 92.5 Å². The smallest absolute Gasteiger partial charge is 0.244 e. The second-order valence-electron chi connectivity index (χ2n) is 7.99. The first-order valence-electron chi connectivity index (χ1n) is 10.8. The average molecular weight is 469 g/mol. The lowest BCUT2D eigenvalue weighted by Crippen LogP contribution is -2.44. The highest BCUT2D eigenvalue weighted by molar-refractivity contribution is 5.91. The number of nitrogens with one attached hydrogen (secondary N) is 1. The molecule has 0 radical (unpaired) electrons. The molecule has 1 saturated heterocycles. The Hall–Kier alpha value is -3.63. The van der Waals surface area contributed by atoms with Gasteiger partial charge in [0.15, 0.2) is 0 Å². The predicted molar refractivity (Wildman–Crippen MR) is 122 cm³/mol. The van der Waals surface area contributed by atoms with E-state index in [-0.39, 0.29) is 18.7 Å². The van der Waals surface area contributed by atoms with Gasteiger partial charge < -0.3 is 20.1 Å². The minimum Gasteiger partial charge on any atom is -0.381 e. The molecular weight excluding hydrogens is 444 g/mol. The minimum absolute atomic E-state index is 0.160. The number of hydrogen-bond donors (Lipinski definition) is 2. The van der Waals surface area contributed by atoms with E-state index in [1.807, 2.05) is 24.3 Å². The van der Waals surface area contributed by atoms with Crippen molar-refractivity contribution in [1.82, 2.24) is 20.1 Å². The Morgan fingerprint density at radius 2 is 1.94 bits per heavy atom. The van der Waals surface area contributed by atoms with Crippen LogP contribution < -0.4 is 10.2 Å². The summed E-state index contributed by atoms with van der Waals surface area (Å²) in [6.45, 7) is 2.56. The molecule has 0 aliphatic carbocycles. The van der Waals surface area contributed by atoms with Gasteiger partial charge in [0.1, 0.15) is 29.9 Å². The third-order valence-corrected chi connectivity index (χ3v) is 5.57. The predicted octanol–water partition coefficient (Wildman–Crippen LogP) is 2.11. The van der Waals surface area contributed by atoms with E-state index in [9.17, 15) is 18.7 Å². The van der Waals surface area contributed by atoms with E-state index in [0.717, 1.165) is 36.5 Å². The Kier molecular flexibility index (Phi) is 7.29. The molecule has 2 N–H and O–H groups in total. The molecular formula is C24H25F2N5O3. The van der Waals surface area contributed by atoms with Crippen molar-refractivity contribution in [2.24, 2.45) is 0 Å². The van der Waals surface area contributed by atoms with Gasteiger partial charge in [-0.1, -0.05) is 18.2 Å². The Morgan fingerprint density at radius 3 is 2.62 bits per heavy atom. The van der Waals surface area contributed by atoms with Crippen LogP contribution in [0.25, 0.3) is 6.08 Å². The van der Waals surface area contributed by atoms with Crippen LogP contribution in [-0.2, 0) is 21.7 Å². The second-order valence-corrected chi connectivity index (χ2v) is 7.99. The van der Waals surface area contributed by atoms with Crippen molar-refractivity contribution < 1.29 is 23.4 Å². The van der Waals surface area contributed by atoms with E-state index < -0.39 is 23.1 Å². The monoisotopic (exact) mass is 469 g/mol. The average Bonchev–Trinajstić information content (AvgIpc) is 3.35. The lowest BCUT2D eigenvalue weighted by atomic mass is 9.92. The zero-order valence-corrected chi connectivity index (χ0v) is 18.4. The van der Waals surface area contributed by atoms with Crippen LogP contribution in [0.1, 0.15) is 11.1 Å². The highest BCUT2D eigenvalue weighted by atomic mass is 19.1. The van der Waals surface area contributed by atoms with E-state index in [2.05, 4.69) is 20.3 Å². The number of benzene rings is 2. The van der Waals surface area contributed by atoms with Crippen LogP contribution in [0.2, 0.25) is 0 Å². The van der Waals surface area contributed by atoms with Crippen molar-refractivity contribution in [2.45, 2.75) is 12.1 Å². The molecule has 2 heterocycles. The van der Waals surface area contributed by atoms with E-state index in [4.69, 9.17) is 4.74 Å². The van der Waals surface area contributed by atoms with Crippen molar-refractivity contribution in [3.05, 3.63) is 84.0 Å². The summed E-state index contributed by atoms with van der Waals surface area (Å²) in [5.74, 6) is -2.17.